The number of hydrazine groups is 1. The number of hydrogen-bond donors (Lipinski definition) is 2. The Bertz CT molecular complexity index is 652. The molecule has 5 heteroatoms. The van der Waals surface area contributed by atoms with E-state index in [1.165, 1.54) is 0 Å². The number of nitrogens with zero attached hydrogens (tertiary/aromatic N) is 1. The number of hydrogen-bond acceptors (Lipinski definition) is 3. The molecule has 1 aliphatic heterocycles. The van der Waals surface area contributed by atoms with Crippen LogP contribution in [0.15, 0.2) is 35.0 Å². The summed E-state index contributed by atoms with van der Waals surface area (Å²) in [7, 11) is 1.81. The van der Waals surface area contributed by atoms with Gasteiger partial charge in [0.05, 0.1) is 11.1 Å². The third kappa shape index (κ3) is 3.93. The quantitative estimate of drug-likeness (QED) is 0.772. The van der Waals surface area contributed by atoms with Crippen molar-refractivity contribution in [2.75, 3.05) is 12.4 Å². The summed E-state index contributed by atoms with van der Waals surface area (Å²) >= 11 is 6.33. The van der Waals surface area contributed by atoms with E-state index in [-0.39, 0.29) is 5.91 Å². The normalized spacial score (nSPS) is 18.2. The van der Waals surface area contributed by atoms with Gasteiger partial charge in [0.15, 0.2) is 0 Å². The van der Waals surface area contributed by atoms with Crippen molar-refractivity contribution in [2.45, 2.75) is 52.5 Å². The van der Waals surface area contributed by atoms with Gasteiger partial charge in [-0.3, -0.25) is 9.80 Å². The van der Waals surface area contributed by atoms with Crippen molar-refractivity contribution in [1.29, 1.82) is 0 Å². The molecule has 2 rings (SSSR count). The van der Waals surface area contributed by atoms with E-state index in [0.29, 0.717) is 22.6 Å². The summed E-state index contributed by atoms with van der Waals surface area (Å²) in [5, 5.41) is 5.18. The smallest absolute Gasteiger partial charge is 0.256 e. The van der Waals surface area contributed by atoms with Crippen LogP contribution in [0, 0.1) is 5.92 Å². The number of rotatable bonds is 5. The molecule has 1 atom stereocenters. The number of amides is 1. The van der Waals surface area contributed by atoms with Crippen LogP contribution >= 0.6 is 11.6 Å². The molecule has 0 radical (unpaired) electrons. The van der Waals surface area contributed by atoms with Crippen LogP contribution in [0.4, 0.5) is 5.69 Å². The van der Waals surface area contributed by atoms with Crippen LogP contribution in [-0.4, -0.2) is 23.5 Å². The van der Waals surface area contributed by atoms with Crippen LogP contribution < -0.4 is 10.7 Å². The van der Waals surface area contributed by atoms with Gasteiger partial charge in [0.1, 0.15) is 5.16 Å². The number of halogens is 1. The summed E-state index contributed by atoms with van der Waals surface area (Å²) in [6.45, 7) is 10.5. The Kier molecular flexibility index (Phi) is 5.61. The fourth-order valence-corrected chi connectivity index (χ4v) is 3.75. The molecule has 0 saturated heterocycles. The van der Waals surface area contributed by atoms with Gasteiger partial charge in [0.25, 0.3) is 5.91 Å². The molecule has 1 unspecified atom stereocenters. The van der Waals surface area contributed by atoms with E-state index in [1.807, 2.05) is 39.1 Å². The van der Waals surface area contributed by atoms with Crippen molar-refractivity contribution >= 4 is 23.2 Å². The Balaban J connectivity index is 2.27. The molecule has 0 saturated carbocycles. The highest BCUT2D eigenvalue weighted by Gasteiger charge is 2.39. The van der Waals surface area contributed by atoms with E-state index in [1.54, 1.807) is 5.01 Å². The van der Waals surface area contributed by atoms with Gasteiger partial charge in [-0.25, -0.2) is 5.43 Å². The first kappa shape index (κ1) is 18.8. The van der Waals surface area contributed by atoms with Crippen molar-refractivity contribution in [1.82, 2.24) is 10.4 Å². The van der Waals surface area contributed by atoms with Crippen molar-refractivity contribution in [3.63, 3.8) is 0 Å². The maximum atomic E-state index is 12.9. The average molecular weight is 350 g/mol. The first-order chi connectivity index (χ1) is 11.1. The van der Waals surface area contributed by atoms with Crippen molar-refractivity contribution in [3.8, 4) is 0 Å². The molecule has 0 spiro atoms. The second kappa shape index (κ2) is 7.16. The average Bonchev–Trinajstić information content (AvgIpc) is 2.66. The number of nitrogens with one attached hydrogen (secondary N) is 2. The van der Waals surface area contributed by atoms with Crippen LogP contribution in [0.3, 0.4) is 0 Å². The van der Waals surface area contributed by atoms with E-state index in [0.717, 1.165) is 17.7 Å². The first-order valence-electron chi connectivity index (χ1n) is 8.45. The molecule has 0 fully saturated rings. The molecule has 2 N–H and O–H groups in total. The maximum Gasteiger partial charge on any atom is 0.256 e. The third-order valence-electron chi connectivity index (χ3n) is 4.36. The van der Waals surface area contributed by atoms with Gasteiger partial charge in [-0.05, 0) is 43.7 Å². The minimum Gasteiger partial charge on any atom is -0.322 e. The van der Waals surface area contributed by atoms with Gasteiger partial charge in [-0.2, -0.15) is 0 Å². The van der Waals surface area contributed by atoms with Gasteiger partial charge in [-0.1, -0.05) is 50.6 Å². The zero-order valence-corrected chi connectivity index (χ0v) is 16.2. The Morgan fingerprint density at radius 3 is 2.46 bits per heavy atom. The minimum absolute atomic E-state index is 0.161. The van der Waals surface area contributed by atoms with Crippen LogP contribution in [-0.2, 0) is 4.79 Å². The fourth-order valence-electron chi connectivity index (χ4n) is 3.39. The van der Waals surface area contributed by atoms with Crippen molar-refractivity contribution in [3.05, 3.63) is 40.6 Å². The van der Waals surface area contributed by atoms with E-state index in [9.17, 15) is 4.79 Å². The summed E-state index contributed by atoms with van der Waals surface area (Å²) in [6, 6.07) is 8.00. The molecule has 0 bridgehead atoms. The lowest BCUT2D eigenvalue weighted by atomic mass is 9.90. The van der Waals surface area contributed by atoms with Gasteiger partial charge in [0, 0.05) is 12.7 Å². The van der Waals surface area contributed by atoms with Crippen molar-refractivity contribution in [2.24, 2.45) is 5.92 Å². The molecule has 1 amide bonds. The maximum absolute atomic E-state index is 12.9. The van der Waals surface area contributed by atoms with Crippen LogP contribution in [0.2, 0.25) is 0 Å². The molecule has 1 heterocycles. The highest BCUT2D eigenvalue weighted by atomic mass is 35.5. The van der Waals surface area contributed by atoms with Gasteiger partial charge >= 0.3 is 0 Å². The molecule has 1 aromatic carbocycles. The Hall–Kier alpha value is -1.52. The molecule has 0 aliphatic carbocycles. The van der Waals surface area contributed by atoms with Crippen LogP contribution in [0.1, 0.15) is 52.5 Å². The van der Waals surface area contributed by atoms with Gasteiger partial charge in [0.2, 0.25) is 0 Å². The monoisotopic (exact) mass is 349 g/mol. The summed E-state index contributed by atoms with van der Waals surface area (Å²) in [5.74, 6) is 0.821. The zero-order valence-electron chi connectivity index (χ0n) is 15.4. The van der Waals surface area contributed by atoms with Crippen LogP contribution in [0.5, 0.6) is 0 Å². The second-order valence-corrected chi connectivity index (χ2v) is 7.89. The predicted octanol–water partition coefficient (Wildman–Crippen LogP) is 4.45. The number of para-hydroxylation sites is 1. The second-order valence-electron chi connectivity index (χ2n) is 7.53. The Labute approximate surface area is 150 Å². The fraction of sp³-hybridized carbons (Fsp3) is 0.526. The molecular weight excluding hydrogens is 322 g/mol. The molecule has 132 valence electrons. The van der Waals surface area contributed by atoms with Gasteiger partial charge in [-0.15, -0.1) is 0 Å². The lowest BCUT2D eigenvalue weighted by Gasteiger charge is -2.24. The molecule has 1 aromatic rings. The topological polar surface area (TPSA) is 44.4 Å². The summed E-state index contributed by atoms with van der Waals surface area (Å²) in [5.41, 5.74) is 5.26. The van der Waals surface area contributed by atoms with Crippen LogP contribution in [0.25, 0.3) is 0 Å². The SMILES string of the molecule is CC(C)CC(C)c1ccccc1NC(=O)C1=C(Cl)N(C)NC1(C)C. The highest BCUT2D eigenvalue weighted by Crippen LogP contribution is 2.33. The third-order valence-corrected chi connectivity index (χ3v) is 4.81. The molecule has 4 nitrogen and oxygen atoms in total. The number of anilines is 1. The molecule has 0 aromatic heterocycles. The summed E-state index contributed by atoms with van der Waals surface area (Å²) < 4.78 is 0. The van der Waals surface area contributed by atoms with E-state index in [2.05, 4.69) is 37.6 Å². The number of benzene rings is 1. The lowest BCUT2D eigenvalue weighted by Crippen LogP contribution is -2.44. The number of carbonyl (C=O) groups is 1. The molecule has 1 aliphatic rings. The Morgan fingerprint density at radius 2 is 1.92 bits per heavy atom. The standard InChI is InChI=1S/C19H28ClN3O/c1-12(2)11-13(3)14-9-7-8-10-15(14)21-18(24)16-17(20)23(6)22-19(16,4)5/h7-10,12-13,22H,11H2,1-6H3,(H,21,24). The minimum atomic E-state index is -0.506. The number of carbonyl (C=O) groups excluding carboxylic acids is 1. The largest absolute Gasteiger partial charge is 0.322 e. The van der Waals surface area contributed by atoms with Crippen molar-refractivity contribution < 1.29 is 4.79 Å². The van der Waals surface area contributed by atoms with E-state index >= 15 is 0 Å². The van der Waals surface area contributed by atoms with E-state index in [4.69, 9.17) is 11.6 Å². The molecular formula is C19H28ClN3O. The first-order valence-corrected chi connectivity index (χ1v) is 8.83. The zero-order chi connectivity index (χ0) is 18.1. The van der Waals surface area contributed by atoms with Gasteiger partial charge < -0.3 is 5.32 Å². The predicted molar refractivity (Wildman–Crippen MR) is 101 cm³/mol. The highest BCUT2D eigenvalue weighted by molar-refractivity contribution is 6.32. The molecule has 24 heavy (non-hydrogen) atoms. The lowest BCUT2D eigenvalue weighted by molar-refractivity contribution is -0.113. The van der Waals surface area contributed by atoms with E-state index < -0.39 is 5.54 Å². The summed E-state index contributed by atoms with van der Waals surface area (Å²) in [6.07, 6.45) is 1.08. The summed E-state index contributed by atoms with van der Waals surface area (Å²) in [4.78, 5) is 12.9. The Morgan fingerprint density at radius 1 is 1.29 bits per heavy atom.